The van der Waals surface area contributed by atoms with Crippen LogP contribution in [0.2, 0.25) is 0 Å². The van der Waals surface area contributed by atoms with Crippen LogP contribution < -0.4 is 5.73 Å². The molecule has 0 aromatic rings. The van der Waals surface area contributed by atoms with Crippen molar-refractivity contribution in [3.8, 4) is 0 Å². The Balaban J connectivity index is 3.03. The molecule has 0 spiro atoms. The molecule has 0 amide bonds. The van der Waals surface area contributed by atoms with E-state index in [4.69, 9.17) is 5.73 Å². The van der Waals surface area contributed by atoms with E-state index in [2.05, 4.69) is 0 Å². The Morgan fingerprint density at radius 3 is 1.77 bits per heavy atom. The fraction of sp³-hybridized carbons (Fsp3) is 1.00. The lowest BCUT2D eigenvalue weighted by molar-refractivity contribution is 0.294. The smallest absolute Gasteiger partial charge is 0.159 e. The third-order valence-electron chi connectivity index (χ3n) is 3.22. The second-order valence-corrected chi connectivity index (χ2v) is 7.15. The van der Waals surface area contributed by atoms with Crippen molar-refractivity contribution in [2.24, 2.45) is 5.73 Å². The van der Waals surface area contributed by atoms with E-state index in [0.29, 0.717) is 0 Å². The van der Waals surface area contributed by atoms with Gasteiger partial charge in [-0.05, 0) is 33.6 Å². The predicted octanol–water partition coefficient (Wildman–Crippen LogP) is 1.08. The van der Waals surface area contributed by atoms with Crippen LogP contribution in [-0.4, -0.2) is 24.5 Å². The molecular weight excluding hydrogens is 186 g/mol. The Labute approximate surface area is 80.6 Å². The third-order valence-corrected chi connectivity index (χ3v) is 6.37. The van der Waals surface area contributed by atoms with Gasteiger partial charge in [0.25, 0.3) is 0 Å². The van der Waals surface area contributed by atoms with Crippen LogP contribution in [-0.2, 0) is 9.84 Å². The first-order valence-corrected chi connectivity index (χ1v) is 6.38. The molecule has 1 aliphatic carbocycles. The van der Waals surface area contributed by atoms with Gasteiger partial charge in [-0.2, -0.15) is 0 Å². The van der Waals surface area contributed by atoms with Crippen molar-refractivity contribution in [3.63, 3.8) is 0 Å². The van der Waals surface area contributed by atoms with Gasteiger partial charge < -0.3 is 5.73 Å². The molecule has 1 atom stereocenters. The van der Waals surface area contributed by atoms with Crippen LogP contribution >= 0.6 is 0 Å². The highest BCUT2D eigenvalue weighted by atomic mass is 32.2. The van der Waals surface area contributed by atoms with Crippen molar-refractivity contribution in [2.75, 3.05) is 0 Å². The second kappa shape index (κ2) is 3.24. The van der Waals surface area contributed by atoms with E-state index in [1.807, 2.05) is 0 Å². The van der Waals surface area contributed by atoms with Gasteiger partial charge in [0.15, 0.2) is 9.84 Å². The molecule has 4 heteroatoms. The third kappa shape index (κ3) is 1.40. The average Bonchev–Trinajstić information content (AvgIpc) is 1.81. The minimum absolute atomic E-state index is 0.242. The van der Waals surface area contributed by atoms with Gasteiger partial charge in [-0.1, -0.05) is 6.42 Å². The van der Waals surface area contributed by atoms with Crippen LogP contribution in [0.3, 0.4) is 0 Å². The van der Waals surface area contributed by atoms with E-state index in [1.54, 1.807) is 20.8 Å². The Morgan fingerprint density at radius 1 is 1.23 bits per heavy atom. The summed E-state index contributed by atoms with van der Waals surface area (Å²) >= 11 is 0. The fourth-order valence-electron chi connectivity index (χ4n) is 1.99. The number of nitrogens with two attached hydrogens (primary N) is 1. The summed E-state index contributed by atoms with van der Waals surface area (Å²) in [5.41, 5.74) is 5.78. The maximum atomic E-state index is 12.0. The molecule has 1 unspecified atom stereocenters. The van der Waals surface area contributed by atoms with E-state index >= 15 is 0 Å². The topological polar surface area (TPSA) is 60.2 Å². The normalized spacial score (nSPS) is 24.1. The number of hydrogen-bond acceptors (Lipinski definition) is 3. The molecule has 0 radical (unpaired) electrons. The summed E-state index contributed by atoms with van der Waals surface area (Å²) in [5, 5.41) is -0.307. The fourth-order valence-corrected chi connectivity index (χ4v) is 4.31. The Morgan fingerprint density at radius 2 is 1.69 bits per heavy atom. The van der Waals surface area contributed by atoms with Crippen molar-refractivity contribution < 1.29 is 8.42 Å². The molecule has 1 fully saturated rings. The zero-order valence-electron chi connectivity index (χ0n) is 8.58. The van der Waals surface area contributed by atoms with E-state index < -0.39 is 14.6 Å². The summed E-state index contributed by atoms with van der Waals surface area (Å²) in [7, 11) is -3.03. The van der Waals surface area contributed by atoms with Crippen molar-refractivity contribution >= 4 is 9.84 Å². The molecule has 2 N–H and O–H groups in total. The van der Waals surface area contributed by atoms with E-state index in [1.165, 1.54) is 0 Å². The summed E-state index contributed by atoms with van der Waals surface area (Å²) in [6, 6.07) is -0.242. The molecule has 0 aromatic carbocycles. The molecule has 1 aliphatic rings. The molecule has 1 saturated carbocycles. The predicted molar refractivity (Wildman–Crippen MR) is 54.3 cm³/mol. The van der Waals surface area contributed by atoms with E-state index in [-0.39, 0.29) is 11.3 Å². The summed E-state index contributed by atoms with van der Waals surface area (Å²) < 4.78 is 23.4. The SMILES string of the molecule is CC(N)C1(S(=O)(=O)C(C)C)CCC1. The Hall–Kier alpha value is -0.0900. The molecule has 0 saturated heterocycles. The number of rotatable bonds is 3. The number of sulfone groups is 1. The molecule has 13 heavy (non-hydrogen) atoms. The van der Waals surface area contributed by atoms with Crippen LogP contribution in [0.1, 0.15) is 40.0 Å². The molecule has 0 bridgehead atoms. The van der Waals surface area contributed by atoms with Crippen LogP contribution in [0.25, 0.3) is 0 Å². The maximum absolute atomic E-state index is 12.0. The number of hydrogen-bond donors (Lipinski definition) is 1. The standard InChI is InChI=1S/C9H19NO2S/c1-7(2)13(11,12)9(8(3)10)5-4-6-9/h7-8H,4-6,10H2,1-3H3. The van der Waals surface area contributed by atoms with E-state index in [0.717, 1.165) is 19.3 Å². The van der Waals surface area contributed by atoms with Gasteiger partial charge in [-0.25, -0.2) is 8.42 Å². The lowest BCUT2D eigenvalue weighted by Gasteiger charge is -2.45. The van der Waals surface area contributed by atoms with Crippen molar-refractivity contribution in [3.05, 3.63) is 0 Å². The van der Waals surface area contributed by atoms with Crippen LogP contribution in [0.4, 0.5) is 0 Å². The summed E-state index contributed by atoms with van der Waals surface area (Å²) in [4.78, 5) is 0. The highest BCUT2D eigenvalue weighted by Gasteiger charge is 2.52. The second-order valence-electron chi connectivity index (χ2n) is 4.30. The minimum atomic E-state index is -3.03. The minimum Gasteiger partial charge on any atom is -0.327 e. The van der Waals surface area contributed by atoms with Gasteiger partial charge in [0.05, 0.1) is 10.00 Å². The zero-order valence-corrected chi connectivity index (χ0v) is 9.39. The first-order valence-electron chi connectivity index (χ1n) is 4.83. The van der Waals surface area contributed by atoms with Gasteiger partial charge in [0.2, 0.25) is 0 Å². The van der Waals surface area contributed by atoms with Gasteiger partial charge in [0.1, 0.15) is 0 Å². The summed E-state index contributed by atoms with van der Waals surface area (Å²) in [6.07, 6.45) is 2.48. The Bertz CT molecular complexity index is 276. The van der Waals surface area contributed by atoms with Gasteiger partial charge >= 0.3 is 0 Å². The molecule has 0 aliphatic heterocycles. The summed E-state index contributed by atoms with van der Waals surface area (Å²) in [6.45, 7) is 5.27. The molecule has 1 rings (SSSR count). The van der Waals surface area contributed by atoms with Gasteiger partial charge in [-0.15, -0.1) is 0 Å². The van der Waals surface area contributed by atoms with Crippen LogP contribution in [0.5, 0.6) is 0 Å². The maximum Gasteiger partial charge on any atom is 0.159 e. The molecular formula is C9H19NO2S. The Kier molecular flexibility index (Phi) is 2.74. The summed E-state index contributed by atoms with van der Waals surface area (Å²) in [5.74, 6) is 0. The zero-order chi connectivity index (χ0) is 10.3. The van der Waals surface area contributed by atoms with Gasteiger partial charge in [0, 0.05) is 6.04 Å². The van der Waals surface area contributed by atoms with Crippen LogP contribution in [0.15, 0.2) is 0 Å². The monoisotopic (exact) mass is 205 g/mol. The van der Waals surface area contributed by atoms with Gasteiger partial charge in [-0.3, -0.25) is 0 Å². The average molecular weight is 205 g/mol. The largest absolute Gasteiger partial charge is 0.327 e. The quantitative estimate of drug-likeness (QED) is 0.750. The first-order chi connectivity index (χ1) is 5.84. The molecule has 0 aromatic heterocycles. The van der Waals surface area contributed by atoms with Crippen molar-refractivity contribution in [1.82, 2.24) is 0 Å². The molecule has 0 heterocycles. The molecule has 78 valence electrons. The van der Waals surface area contributed by atoms with Crippen molar-refractivity contribution in [1.29, 1.82) is 0 Å². The van der Waals surface area contributed by atoms with Crippen molar-refractivity contribution in [2.45, 2.75) is 56.1 Å². The lowest BCUT2D eigenvalue weighted by Crippen LogP contribution is -2.58. The lowest BCUT2D eigenvalue weighted by atomic mass is 9.79. The van der Waals surface area contributed by atoms with Crippen LogP contribution in [0, 0.1) is 0 Å². The highest BCUT2D eigenvalue weighted by molar-refractivity contribution is 7.93. The first kappa shape index (κ1) is 11.0. The van der Waals surface area contributed by atoms with E-state index in [9.17, 15) is 8.42 Å². The highest BCUT2D eigenvalue weighted by Crippen LogP contribution is 2.43. The molecule has 3 nitrogen and oxygen atoms in total.